The van der Waals surface area contributed by atoms with Crippen molar-refractivity contribution in [3.8, 4) is 0 Å². The van der Waals surface area contributed by atoms with E-state index >= 15 is 0 Å². The van der Waals surface area contributed by atoms with Gasteiger partial charge in [0.15, 0.2) is 0 Å². The molecule has 1 aliphatic rings. The van der Waals surface area contributed by atoms with Crippen molar-refractivity contribution >= 4 is 17.6 Å². The van der Waals surface area contributed by atoms with Crippen molar-refractivity contribution < 1.29 is 9.59 Å². The first kappa shape index (κ1) is 15.4. The minimum atomic E-state index is -0.288. The number of hydrogen-bond donors (Lipinski definition) is 2. The fourth-order valence-corrected chi connectivity index (χ4v) is 2.47. The number of piperidine rings is 1. The first-order chi connectivity index (χ1) is 10.1. The third kappa shape index (κ3) is 4.21. The van der Waals surface area contributed by atoms with E-state index in [4.69, 9.17) is 0 Å². The third-order valence-electron chi connectivity index (χ3n) is 3.47. The number of nitrogens with one attached hydrogen (secondary N) is 2. The van der Waals surface area contributed by atoms with E-state index < -0.39 is 0 Å². The molecule has 0 aliphatic carbocycles. The number of carbonyl (C=O) groups is 2. The van der Waals surface area contributed by atoms with Crippen LogP contribution in [-0.2, 0) is 0 Å². The van der Waals surface area contributed by atoms with Crippen molar-refractivity contribution in [2.75, 3.05) is 18.4 Å². The molecule has 2 rings (SSSR count). The first-order valence-electron chi connectivity index (χ1n) is 7.54. The topological polar surface area (TPSA) is 61.4 Å². The lowest BCUT2D eigenvalue weighted by molar-refractivity contribution is 0.0725. The van der Waals surface area contributed by atoms with Crippen LogP contribution in [0.1, 0.15) is 43.5 Å². The number of carbonyl (C=O) groups excluding carboxylic acids is 2. The number of urea groups is 1. The van der Waals surface area contributed by atoms with Crippen molar-refractivity contribution in [2.45, 2.75) is 39.2 Å². The molecule has 1 aromatic rings. The largest absolute Gasteiger partial charge is 0.339 e. The van der Waals surface area contributed by atoms with E-state index in [2.05, 4.69) is 10.6 Å². The number of rotatable bonds is 3. The highest BCUT2D eigenvalue weighted by molar-refractivity contribution is 6.03. The Morgan fingerprint density at radius 3 is 2.43 bits per heavy atom. The van der Waals surface area contributed by atoms with Crippen molar-refractivity contribution in [1.29, 1.82) is 0 Å². The Morgan fingerprint density at radius 2 is 1.76 bits per heavy atom. The van der Waals surface area contributed by atoms with Gasteiger partial charge in [-0.05, 0) is 45.2 Å². The van der Waals surface area contributed by atoms with Crippen LogP contribution < -0.4 is 10.6 Å². The Kier molecular flexibility index (Phi) is 5.20. The van der Waals surface area contributed by atoms with E-state index in [1.54, 1.807) is 12.1 Å². The summed E-state index contributed by atoms with van der Waals surface area (Å²) in [6, 6.07) is 6.93. The Balaban J connectivity index is 2.12. The number of likely N-dealkylation sites (tertiary alicyclic amines) is 1. The van der Waals surface area contributed by atoms with Gasteiger partial charge in [0.05, 0.1) is 11.3 Å². The van der Waals surface area contributed by atoms with Gasteiger partial charge in [-0.1, -0.05) is 12.1 Å². The van der Waals surface area contributed by atoms with Gasteiger partial charge < -0.3 is 15.5 Å². The molecule has 3 amide bonds. The van der Waals surface area contributed by atoms with E-state index in [-0.39, 0.29) is 18.0 Å². The molecule has 0 saturated carbocycles. The molecule has 0 atom stereocenters. The van der Waals surface area contributed by atoms with Gasteiger partial charge in [-0.3, -0.25) is 4.79 Å². The summed E-state index contributed by atoms with van der Waals surface area (Å²) in [6.45, 7) is 5.38. The zero-order valence-electron chi connectivity index (χ0n) is 12.7. The highest BCUT2D eigenvalue weighted by Gasteiger charge is 2.21. The van der Waals surface area contributed by atoms with Crippen molar-refractivity contribution in [1.82, 2.24) is 10.2 Å². The lowest BCUT2D eigenvalue weighted by Gasteiger charge is -2.27. The highest BCUT2D eigenvalue weighted by atomic mass is 16.2. The standard InChI is InChI=1S/C16H23N3O2/c1-12(2)17-16(21)18-14-9-5-4-8-13(14)15(20)19-10-6-3-7-11-19/h4-5,8-9,12H,3,6-7,10-11H2,1-2H3,(H2,17,18,21). The predicted molar refractivity (Wildman–Crippen MR) is 83.5 cm³/mol. The highest BCUT2D eigenvalue weighted by Crippen LogP contribution is 2.19. The fraction of sp³-hybridized carbons (Fsp3) is 0.500. The molecule has 1 fully saturated rings. The number of nitrogens with zero attached hydrogens (tertiary/aromatic N) is 1. The monoisotopic (exact) mass is 289 g/mol. The normalized spacial score (nSPS) is 14.9. The van der Waals surface area contributed by atoms with Gasteiger partial charge in [0.25, 0.3) is 5.91 Å². The van der Waals surface area contributed by atoms with E-state index in [0.717, 1.165) is 25.9 Å². The molecular weight excluding hydrogens is 266 g/mol. The lowest BCUT2D eigenvalue weighted by Crippen LogP contribution is -2.37. The number of hydrogen-bond acceptors (Lipinski definition) is 2. The third-order valence-corrected chi connectivity index (χ3v) is 3.47. The van der Waals surface area contributed by atoms with E-state index in [9.17, 15) is 9.59 Å². The predicted octanol–water partition coefficient (Wildman–Crippen LogP) is 2.84. The minimum absolute atomic E-state index is 0.00449. The van der Waals surface area contributed by atoms with Crippen LogP contribution >= 0.6 is 0 Å². The maximum absolute atomic E-state index is 12.6. The van der Waals surface area contributed by atoms with Crippen LogP contribution in [0.2, 0.25) is 0 Å². The average Bonchev–Trinajstić information content (AvgIpc) is 2.47. The van der Waals surface area contributed by atoms with Crippen molar-refractivity contribution in [2.24, 2.45) is 0 Å². The van der Waals surface area contributed by atoms with Gasteiger partial charge in [-0.15, -0.1) is 0 Å². The molecule has 0 radical (unpaired) electrons. The second-order valence-corrected chi connectivity index (χ2v) is 5.65. The average molecular weight is 289 g/mol. The summed E-state index contributed by atoms with van der Waals surface area (Å²) < 4.78 is 0. The van der Waals surface area contributed by atoms with Crippen LogP contribution in [0.5, 0.6) is 0 Å². The summed E-state index contributed by atoms with van der Waals surface area (Å²) in [5.41, 5.74) is 1.12. The van der Waals surface area contributed by atoms with Crippen molar-refractivity contribution in [3.63, 3.8) is 0 Å². The maximum atomic E-state index is 12.6. The molecule has 0 spiro atoms. The lowest BCUT2D eigenvalue weighted by atomic mass is 10.1. The summed E-state index contributed by atoms with van der Waals surface area (Å²) in [4.78, 5) is 26.3. The Hall–Kier alpha value is -2.04. The molecule has 2 N–H and O–H groups in total. The van der Waals surface area contributed by atoms with Crippen LogP contribution in [0.4, 0.5) is 10.5 Å². The quantitative estimate of drug-likeness (QED) is 0.899. The Labute approximate surface area is 125 Å². The van der Waals surface area contributed by atoms with Gasteiger partial charge in [-0.25, -0.2) is 4.79 Å². The summed E-state index contributed by atoms with van der Waals surface area (Å²) >= 11 is 0. The maximum Gasteiger partial charge on any atom is 0.319 e. The molecule has 1 aromatic carbocycles. The summed E-state index contributed by atoms with van der Waals surface area (Å²) in [7, 11) is 0. The molecule has 1 saturated heterocycles. The van der Waals surface area contributed by atoms with E-state index in [0.29, 0.717) is 11.3 Å². The van der Waals surface area contributed by atoms with Gasteiger partial charge in [0.2, 0.25) is 0 Å². The van der Waals surface area contributed by atoms with Crippen LogP contribution in [0.15, 0.2) is 24.3 Å². The zero-order chi connectivity index (χ0) is 15.2. The molecule has 5 heteroatoms. The molecule has 114 valence electrons. The summed E-state index contributed by atoms with van der Waals surface area (Å²) in [6.07, 6.45) is 3.28. The molecule has 1 heterocycles. The molecule has 21 heavy (non-hydrogen) atoms. The van der Waals surface area contributed by atoms with Gasteiger partial charge >= 0.3 is 6.03 Å². The molecule has 0 unspecified atom stereocenters. The molecule has 5 nitrogen and oxygen atoms in total. The molecule has 0 bridgehead atoms. The minimum Gasteiger partial charge on any atom is -0.339 e. The number of amides is 3. The molecule has 0 aromatic heterocycles. The van der Waals surface area contributed by atoms with Gasteiger partial charge in [0, 0.05) is 19.1 Å². The van der Waals surface area contributed by atoms with E-state index in [1.807, 2.05) is 30.9 Å². The van der Waals surface area contributed by atoms with Crippen molar-refractivity contribution in [3.05, 3.63) is 29.8 Å². The molecular formula is C16H23N3O2. The SMILES string of the molecule is CC(C)NC(=O)Nc1ccccc1C(=O)N1CCCCC1. The molecule has 1 aliphatic heterocycles. The first-order valence-corrected chi connectivity index (χ1v) is 7.54. The van der Waals surface area contributed by atoms with Crippen LogP contribution in [0.25, 0.3) is 0 Å². The Morgan fingerprint density at radius 1 is 1.10 bits per heavy atom. The van der Waals surface area contributed by atoms with Gasteiger partial charge in [0.1, 0.15) is 0 Å². The van der Waals surface area contributed by atoms with Crippen LogP contribution in [0, 0.1) is 0 Å². The zero-order valence-corrected chi connectivity index (χ0v) is 12.7. The summed E-state index contributed by atoms with van der Waals surface area (Å²) in [5.74, 6) is -0.00449. The van der Waals surface area contributed by atoms with Crippen LogP contribution in [-0.4, -0.2) is 36.0 Å². The number of benzene rings is 1. The second kappa shape index (κ2) is 7.11. The van der Waals surface area contributed by atoms with E-state index in [1.165, 1.54) is 6.42 Å². The second-order valence-electron chi connectivity index (χ2n) is 5.65. The number of anilines is 1. The van der Waals surface area contributed by atoms with Crippen LogP contribution in [0.3, 0.4) is 0 Å². The summed E-state index contributed by atoms with van der Waals surface area (Å²) in [5, 5.41) is 5.53. The smallest absolute Gasteiger partial charge is 0.319 e. The number of para-hydroxylation sites is 1. The van der Waals surface area contributed by atoms with Gasteiger partial charge in [-0.2, -0.15) is 0 Å². The fourth-order valence-electron chi connectivity index (χ4n) is 2.47. The Bertz CT molecular complexity index is 508.